The minimum absolute atomic E-state index is 0.235. The first kappa shape index (κ1) is 12.0. The number of para-hydroxylation sites is 1. The van der Waals surface area contributed by atoms with Gasteiger partial charge in [-0.25, -0.2) is 0 Å². The Bertz CT molecular complexity index is 383. The van der Waals surface area contributed by atoms with Crippen LogP contribution in [-0.4, -0.2) is 23.5 Å². The van der Waals surface area contributed by atoms with Gasteiger partial charge in [0.2, 0.25) is 5.91 Å². The summed E-state index contributed by atoms with van der Waals surface area (Å²) in [5.74, 6) is 0.809. The number of carbonyl (C=O) groups excluding carboxylic acids is 1. The Morgan fingerprint density at radius 2 is 2.12 bits per heavy atom. The fraction of sp³-hybridized carbons (Fsp3) is 0.417. The topological polar surface area (TPSA) is 20.3 Å². The third kappa shape index (κ3) is 2.61. The summed E-state index contributed by atoms with van der Waals surface area (Å²) in [6.45, 7) is 0.835. The third-order valence-electron chi connectivity index (χ3n) is 2.57. The van der Waals surface area contributed by atoms with Gasteiger partial charge in [-0.3, -0.25) is 4.79 Å². The van der Waals surface area contributed by atoms with Crippen LogP contribution in [0, 0.1) is 0 Å². The Hall–Kier alpha value is -0.480. The number of hydrogen-bond acceptors (Lipinski definition) is 2. The zero-order valence-electron chi connectivity index (χ0n) is 8.99. The summed E-state index contributed by atoms with van der Waals surface area (Å²) >= 11 is 5.05. The maximum Gasteiger partial charge on any atom is 0.237 e. The predicted octanol–water partition coefficient (Wildman–Crippen LogP) is 3.30. The normalized spacial score (nSPS) is 15.1. The lowest BCUT2D eigenvalue weighted by Crippen LogP contribution is -2.36. The molecule has 2 rings (SSSR count). The molecule has 0 saturated heterocycles. The van der Waals surface area contributed by atoms with E-state index in [4.69, 9.17) is 0 Å². The fourth-order valence-electron chi connectivity index (χ4n) is 1.76. The molecule has 0 atom stereocenters. The van der Waals surface area contributed by atoms with Crippen LogP contribution in [0.4, 0.5) is 5.69 Å². The van der Waals surface area contributed by atoms with Crippen LogP contribution in [0.3, 0.4) is 0 Å². The molecule has 1 aliphatic rings. The van der Waals surface area contributed by atoms with E-state index in [2.05, 4.69) is 22.0 Å². The van der Waals surface area contributed by atoms with E-state index in [0.717, 1.165) is 30.4 Å². The van der Waals surface area contributed by atoms with Crippen molar-refractivity contribution in [3.63, 3.8) is 0 Å². The van der Waals surface area contributed by atoms with Crippen LogP contribution in [0.5, 0.6) is 0 Å². The number of thioether (sulfide) groups is 1. The molecule has 0 radical (unpaired) electrons. The molecule has 2 nitrogen and oxygen atoms in total. The standard InChI is InChI=1S/C12H14BrNOS/c13-7-3-4-8-14-10-5-1-2-6-11(10)16-9-12(14)15/h1-2,5-6H,3-4,7-9H2. The number of alkyl halides is 1. The van der Waals surface area contributed by atoms with E-state index < -0.39 is 0 Å². The van der Waals surface area contributed by atoms with E-state index in [1.165, 1.54) is 4.90 Å². The van der Waals surface area contributed by atoms with E-state index >= 15 is 0 Å². The Morgan fingerprint density at radius 3 is 2.94 bits per heavy atom. The van der Waals surface area contributed by atoms with Crippen molar-refractivity contribution in [3.8, 4) is 0 Å². The zero-order valence-corrected chi connectivity index (χ0v) is 11.4. The molecule has 0 aromatic heterocycles. The van der Waals surface area contributed by atoms with Gasteiger partial charge in [0.15, 0.2) is 0 Å². The molecule has 1 aliphatic heterocycles. The highest BCUT2D eigenvalue weighted by Gasteiger charge is 2.23. The van der Waals surface area contributed by atoms with Crippen LogP contribution in [0.15, 0.2) is 29.2 Å². The van der Waals surface area contributed by atoms with Gasteiger partial charge < -0.3 is 4.90 Å². The van der Waals surface area contributed by atoms with Gasteiger partial charge in [-0.1, -0.05) is 28.1 Å². The Labute approximate surface area is 109 Å². The number of rotatable bonds is 4. The lowest BCUT2D eigenvalue weighted by Gasteiger charge is -2.28. The molecule has 0 unspecified atom stereocenters. The molecule has 4 heteroatoms. The van der Waals surface area contributed by atoms with Crippen LogP contribution in [0.1, 0.15) is 12.8 Å². The smallest absolute Gasteiger partial charge is 0.237 e. The molecule has 1 amide bonds. The largest absolute Gasteiger partial charge is 0.311 e. The number of nitrogens with zero attached hydrogens (tertiary/aromatic N) is 1. The zero-order chi connectivity index (χ0) is 11.4. The molecule has 0 aliphatic carbocycles. The number of carbonyl (C=O) groups is 1. The van der Waals surface area contributed by atoms with Crippen LogP contribution in [0.2, 0.25) is 0 Å². The lowest BCUT2D eigenvalue weighted by molar-refractivity contribution is -0.116. The number of amides is 1. The summed E-state index contributed by atoms with van der Waals surface area (Å²) in [6.07, 6.45) is 2.16. The average molecular weight is 300 g/mol. The van der Waals surface area contributed by atoms with Crippen LogP contribution in [-0.2, 0) is 4.79 Å². The van der Waals surface area contributed by atoms with Crippen molar-refractivity contribution in [2.24, 2.45) is 0 Å². The van der Waals surface area contributed by atoms with Crippen molar-refractivity contribution in [1.29, 1.82) is 0 Å². The van der Waals surface area contributed by atoms with Crippen LogP contribution < -0.4 is 4.90 Å². The van der Waals surface area contributed by atoms with E-state index in [9.17, 15) is 4.79 Å². The first-order chi connectivity index (χ1) is 7.83. The van der Waals surface area contributed by atoms with E-state index in [0.29, 0.717) is 5.75 Å². The highest BCUT2D eigenvalue weighted by Crippen LogP contribution is 2.34. The highest BCUT2D eigenvalue weighted by molar-refractivity contribution is 9.09. The third-order valence-corrected chi connectivity index (χ3v) is 4.18. The molecular weight excluding hydrogens is 286 g/mol. The van der Waals surface area contributed by atoms with Gasteiger partial charge in [0.25, 0.3) is 0 Å². The van der Waals surface area contributed by atoms with Crippen molar-refractivity contribution in [3.05, 3.63) is 24.3 Å². The molecule has 0 N–H and O–H groups in total. The first-order valence-corrected chi connectivity index (χ1v) is 7.52. The Balaban J connectivity index is 2.13. The summed E-state index contributed by atoms with van der Waals surface area (Å²) in [7, 11) is 0. The molecule has 0 fully saturated rings. The van der Waals surface area contributed by atoms with Gasteiger partial charge in [-0.2, -0.15) is 0 Å². The molecule has 1 aromatic rings. The maximum atomic E-state index is 11.8. The average Bonchev–Trinajstić information content (AvgIpc) is 2.32. The van der Waals surface area contributed by atoms with Crippen LogP contribution >= 0.6 is 27.7 Å². The first-order valence-electron chi connectivity index (χ1n) is 5.41. The number of hydrogen-bond donors (Lipinski definition) is 0. The minimum Gasteiger partial charge on any atom is -0.311 e. The molecule has 86 valence electrons. The van der Waals surface area contributed by atoms with Gasteiger partial charge >= 0.3 is 0 Å². The monoisotopic (exact) mass is 299 g/mol. The van der Waals surface area contributed by atoms with Crippen molar-refractivity contribution in [2.75, 3.05) is 22.5 Å². The Kier molecular flexibility index (Phi) is 4.29. The van der Waals surface area contributed by atoms with Gasteiger partial charge in [-0.05, 0) is 25.0 Å². The van der Waals surface area contributed by atoms with Crippen molar-refractivity contribution >= 4 is 39.3 Å². The number of fused-ring (bicyclic) bond motifs is 1. The van der Waals surface area contributed by atoms with Gasteiger partial charge in [-0.15, -0.1) is 11.8 Å². The highest BCUT2D eigenvalue weighted by atomic mass is 79.9. The molecule has 0 spiro atoms. The number of benzene rings is 1. The number of halogens is 1. The van der Waals surface area contributed by atoms with Crippen molar-refractivity contribution < 1.29 is 4.79 Å². The molecule has 16 heavy (non-hydrogen) atoms. The predicted molar refractivity (Wildman–Crippen MR) is 72.5 cm³/mol. The number of anilines is 1. The van der Waals surface area contributed by atoms with Gasteiger partial charge in [0, 0.05) is 16.8 Å². The SMILES string of the molecule is O=C1CSc2ccccc2N1CCCCBr. The summed E-state index contributed by atoms with van der Waals surface area (Å²) in [4.78, 5) is 15.0. The maximum absolute atomic E-state index is 11.8. The summed E-state index contributed by atoms with van der Waals surface area (Å²) < 4.78 is 0. The Morgan fingerprint density at radius 1 is 1.31 bits per heavy atom. The second-order valence-corrected chi connectivity index (χ2v) is 5.51. The molecular formula is C12H14BrNOS. The van der Waals surface area contributed by atoms with E-state index in [1.54, 1.807) is 11.8 Å². The summed E-state index contributed by atoms with van der Waals surface area (Å²) in [6, 6.07) is 8.14. The summed E-state index contributed by atoms with van der Waals surface area (Å²) in [5.41, 5.74) is 1.08. The molecule has 1 heterocycles. The van der Waals surface area contributed by atoms with E-state index in [1.807, 2.05) is 23.1 Å². The second kappa shape index (κ2) is 5.73. The number of unbranched alkanes of at least 4 members (excludes halogenated alkanes) is 1. The second-order valence-electron chi connectivity index (χ2n) is 3.70. The van der Waals surface area contributed by atoms with Crippen LogP contribution in [0.25, 0.3) is 0 Å². The van der Waals surface area contributed by atoms with Crippen molar-refractivity contribution in [1.82, 2.24) is 0 Å². The minimum atomic E-state index is 0.235. The van der Waals surface area contributed by atoms with E-state index in [-0.39, 0.29) is 5.91 Å². The fourth-order valence-corrected chi connectivity index (χ4v) is 3.10. The van der Waals surface area contributed by atoms with Crippen molar-refractivity contribution in [2.45, 2.75) is 17.7 Å². The molecule has 0 saturated carbocycles. The lowest BCUT2D eigenvalue weighted by atomic mass is 10.2. The molecule has 0 bridgehead atoms. The molecule has 1 aromatic carbocycles. The quantitative estimate of drug-likeness (QED) is 0.628. The van der Waals surface area contributed by atoms with Gasteiger partial charge in [0.05, 0.1) is 11.4 Å². The van der Waals surface area contributed by atoms with Gasteiger partial charge in [0.1, 0.15) is 0 Å². The summed E-state index contributed by atoms with van der Waals surface area (Å²) in [5, 5.41) is 1.01.